The zero-order chi connectivity index (χ0) is 13.0. The second kappa shape index (κ2) is 5.58. The largest absolute Gasteiger partial charge is 0.393 e. The highest BCUT2D eigenvalue weighted by Crippen LogP contribution is 2.01. The van der Waals surface area contributed by atoms with E-state index in [9.17, 15) is 9.59 Å². The van der Waals surface area contributed by atoms with Crippen LogP contribution in [0.1, 0.15) is 16.8 Å². The maximum atomic E-state index is 11.9. The fourth-order valence-corrected chi connectivity index (χ4v) is 1.37. The molecule has 1 heterocycles. The van der Waals surface area contributed by atoms with Gasteiger partial charge in [-0.2, -0.15) is 0 Å². The minimum absolute atomic E-state index is 0.209. The van der Waals surface area contributed by atoms with Crippen LogP contribution in [0.5, 0.6) is 0 Å². The summed E-state index contributed by atoms with van der Waals surface area (Å²) in [5.74, 6) is -0.209. The zero-order valence-corrected chi connectivity index (χ0v) is 10.7. The summed E-state index contributed by atoms with van der Waals surface area (Å²) >= 11 is 4.74. The Hall–Kier alpha value is -1.69. The van der Waals surface area contributed by atoms with E-state index < -0.39 is 0 Å². The number of nitrogens with two attached hydrogens (primary N) is 1. The highest BCUT2D eigenvalue weighted by Gasteiger charge is 2.12. The van der Waals surface area contributed by atoms with E-state index in [1.165, 1.54) is 15.5 Å². The first-order valence-corrected chi connectivity index (χ1v) is 5.53. The van der Waals surface area contributed by atoms with E-state index in [2.05, 4.69) is 0 Å². The lowest BCUT2D eigenvalue weighted by molar-refractivity contribution is 0.0798. The lowest BCUT2D eigenvalue weighted by Crippen LogP contribution is -2.31. The Kier molecular flexibility index (Phi) is 4.39. The van der Waals surface area contributed by atoms with Gasteiger partial charge in [0.05, 0.1) is 4.99 Å². The third-order valence-corrected chi connectivity index (χ3v) is 2.60. The zero-order valence-electron chi connectivity index (χ0n) is 9.84. The van der Waals surface area contributed by atoms with E-state index in [-0.39, 0.29) is 11.5 Å². The average Bonchev–Trinajstić information content (AvgIpc) is 2.28. The van der Waals surface area contributed by atoms with Gasteiger partial charge in [0.2, 0.25) is 0 Å². The van der Waals surface area contributed by atoms with Crippen molar-refractivity contribution in [2.24, 2.45) is 12.8 Å². The molecule has 5 nitrogen and oxygen atoms in total. The van der Waals surface area contributed by atoms with E-state index >= 15 is 0 Å². The molecule has 6 heteroatoms. The molecule has 0 aliphatic heterocycles. The number of aryl methyl sites for hydroxylation is 1. The predicted octanol–water partition coefficient (Wildman–Crippen LogP) is 0.134. The average molecular weight is 253 g/mol. The van der Waals surface area contributed by atoms with Crippen LogP contribution in [-0.2, 0) is 7.05 Å². The summed E-state index contributed by atoms with van der Waals surface area (Å²) in [5.41, 5.74) is 5.53. The Morgan fingerprint density at radius 2 is 2.24 bits per heavy atom. The normalized spacial score (nSPS) is 10.0. The molecule has 0 saturated carbocycles. The van der Waals surface area contributed by atoms with E-state index in [0.29, 0.717) is 23.5 Å². The lowest BCUT2D eigenvalue weighted by Gasteiger charge is -2.16. The van der Waals surface area contributed by atoms with Crippen LogP contribution < -0.4 is 11.3 Å². The van der Waals surface area contributed by atoms with Crippen molar-refractivity contribution in [3.63, 3.8) is 0 Å². The summed E-state index contributed by atoms with van der Waals surface area (Å²) < 4.78 is 1.41. The van der Waals surface area contributed by atoms with Gasteiger partial charge in [-0.05, 0) is 6.07 Å². The number of carbonyl (C=O) groups excluding carboxylic acids is 1. The second-order valence-corrected chi connectivity index (χ2v) is 4.33. The summed E-state index contributed by atoms with van der Waals surface area (Å²) in [6, 6.07) is 2.93. The van der Waals surface area contributed by atoms with Crippen molar-refractivity contribution in [1.29, 1.82) is 0 Å². The molecule has 0 aliphatic rings. The molecule has 0 bridgehead atoms. The van der Waals surface area contributed by atoms with E-state index in [1.807, 2.05) is 0 Å². The van der Waals surface area contributed by atoms with Gasteiger partial charge >= 0.3 is 0 Å². The van der Waals surface area contributed by atoms with Crippen LogP contribution in [0.15, 0.2) is 23.1 Å². The number of amides is 1. The number of pyridine rings is 1. The van der Waals surface area contributed by atoms with E-state index in [1.54, 1.807) is 26.4 Å². The smallest absolute Gasteiger partial charge is 0.253 e. The van der Waals surface area contributed by atoms with Crippen molar-refractivity contribution in [3.8, 4) is 0 Å². The SMILES string of the molecule is CN(CCC(N)=S)C(=O)c1ccn(C)c(=O)c1. The first-order valence-electron chi connectivity index (χ1n) is 5.12. The Balaban J connectivity index is 2.78. The molecular weight excluding hydrogens is 238 g/mol. The molecule has 1 aromatic heterocycles. The molecule has 0 radical (unpaired) electrons. The van der Waals surface area contributed by atoms with Crippen molar-refractivity contribution in [3.05, 3.63) is 34.2 Å². The highest BCUT2D eigenvalue weighted by molar-refractivity contribution is 7.80. The van der Waals surface area contributed by atoms with E-state index in [4.69, 9.17) is 18.0 Å². The number of aromatic nitrogens is 1. The van der Waals surface area contributed by atoms with Crippen LogP contribution in [0.4, 0.5) is 0 Å². The monoisotopic (exact) mass is 253 g/mol. The molecular formula is C11H15N3O2S. The van der Waals surface area contributed by atoms with Crippen molar-refractivity contribution >= 4 is 23.1 Å². The standard InChI is InChI=1S/C11H15N3O2S/c1-13-5-3-8(7-10(13)15)11(16)14(2)6-4-9(12)17/h3,5,7H,4,6H2,1-2H3,(H2,12,17). The summed E-state index contributed by atoms with van der Waals surface area (Å²) in [4.78, 5) is 25.2. The van der Waals surface area contributed by atoms with Gasteiger partial charge in [-0.15, -0.1) is 0 Å². The van der Waals surface area contributed by atoms with Gasteiger partial charge in [0.1, 0.15) is 0 Å². The van der Waals surface area contributed by atoms with Crippen LogP contribution in [0, 0.1) is 0 Å². The van der Waals surface area contributed by atoms with Gasteiger partial charge in [-0.25, -0.2) is 0 Å². The molecule has 0 aromatic carbocycles. The molecule has 0 spiro atoms. The highest BCUT2D eigenvalue weighted by atomic mass is 32.1. The maximum Gasteiger partial charge on any atom is 0.253 e. The lowest BCUT2D eigenvalue weighted by atomic mass is 10.2. The molecule has 2 N–H and O–H groups in total. The van der Waals surface area contributed by atoms with Gasteiger partial charge in [0, 0.05) is 44.9 Å². The quantitative estimate of drug-likeness (QED) is 0.775. The molecule has 1 aromatic rings. The summed E-state index contributed by atoms with van der Waals surface area (Å²) in [6.45, 7) is 0.448. The maximum absolute atomic E-state index is 11.9. The molecule has 0 atom stereocenters. The Labute approximate surface area is 105 Å². The first-order chi connectivity index (χ1) is 7.91. The Morgan fingerprint density at radius 3 is 2.76 bits per heavy atom. The van der Waals surface area contributed by atoms with Gasteiger partial charge in [0.15, 0.2) is 0 Å². The van der Waals surface area contributed by atoms with Gasteiger partial charge in [-0.3, -0.25) is 9.59 Å². The molecule has 0 saturated heterocycles. The molecule has 1 rings (SSSR count). The first kappa shape index (κ1) is 13.4. The summed E-state index contributed by atoms with van der Waals surface area (Å²) in [6.07, 6.45) is 2.04. The number of hydrogen-bond donors (Lipinski definition) is 1. The molecule has 0 unspecified atom stereocenters. The minimum Gasteiger partial charge on any atom is -0.393 e. The Morgan fingerprint density at radius 1 is 1.59 bits per heavy atom. The molecule has 92 valence electrons. The number of thiocarbonyl (C=S) groups is 1. The number of nitrogens with zero attached hydrogens (tertiary/aromatic N) is 2. The number of hydrogen-bond acceptors (Lipinski definition) is 3. The molecule has 0 fully saturated rings. The molecule has 17 heavy (non-hydrogen) atoms. The van der Waals surface area contributed by atoms with Gasteiger partial charge in [0.25, 0.3) is 11.5 Å². The summed E-state index contributed by atoms with van der Waals surface area (Å²) in [5, 5.41) is 0. The predicted molar refractivity (Wildman–Crippen MR) is 70.0 cm³/mol. The topological polar surface area (TPSA) is 68.3 Å². The van der Waals surface area contributed by atoms with Crippen LogP contribution in [-0.4, -0.2) is 34.0 Å². The minimum atomic E-state index is -0.210. The van der Waals surface area contributed by atoms with Crippen LogP contribution in [0.3, 0.4) is 0 Å². The molecule has 1 amide bonds. The Bertz CT molecular complexity index is 496. The van der Waals surface area contributed by atoms with Crippen molar-refractivity contribution in [2.75, 3.05) is 13.6 Å². The van der Waals surface area contributed by atoms with Crippen molar-refractivity contribution in [1.82, 2.24) is 9.47 Å². The van der Waals surface area contributed by atoms with Crippen LogP contribution in [0.2, 0.25) is 0 Å². The molecule has 0 aliphatic carbocycles. The third-order valence-electron chi connectivity index (χ3n) is 2.39. The number of carbonyl (C=O) groups is 1. The van der Waals surface area contributed by atoms with Gasteiger partial charge < -0.3 is 15.2 Å². The number of rotatable bonds is 4. The third kappa shape index (κ3) is 3.67. The fourth-order valence-electron chi connectivity index (χ4n) is 1.28. The van der Waals surface area contributed by atoms with Gasteiger partial charge in [-0.1, -0.05) is 12.2 Å². The van der Waals surface area contributed by atoms with Crippen LogP contribution in [0.25, 0.3) is 0 Å². The van der Waals surface area contributed by atoms with Crippen molar-refractivity contribution in [2.45, 2.75) is 6.42 Å². The van der Waals surface area contributed by atoms with Crippen molar-refractivity contribution < 1.29 is 4.79 Å². The fraction of sp³-hybridized carbons (Fsp3) is 0.364. The van der Waals surface area contributed by atoms with Crippen LogP contribution >= 0.6 is 12.2 Å². The second-order valence-electron chi connectivity index (χ2n) is 3.81. The van der Waals surface area contributed by atoms with E-state index in [0.717, 1.165) is 0 Å². The summed E-state index contributed by atoms with van der Waals surface area (Å²) in [7, 11) is 3.28.